The average molecular weight is 174 g/mol. The number of carboxylic acids is 1. The first-order valence-electron chi connectivity index (χ1n) is 4.07. The van der Waals surface area contributed by atoms with Crippen molar-refractivity contribution in [3.05, 3.63) is 35.4 Å². The lowest BCUT2D eigenvalue weighted by Gasteiger charge is -1.98. The lowest BCUT2D eigenvalue weighted by Crippen LogP contribution is -1.90. The van der Waals surface area contributed by atoms with Crippen LogP contribution in [0.4, 0.5) is 0 Å². The molecule has 0 unspecified atom stereocenters. The Morgan fingerprint density at radius 3 is 2.77 bits per heavy atom. The summed E-state index contributed by atoms with van der Waals surface area (Å²) in [6.07, 6.45) is 0.866. The summed E-state index contributed by atoms with van der Waals surface area (Å²) >= 11 is 0. The highest BCUT2D eigenvalue weighted by molar-refractivity contribution is 5.87. The molecule has 0 atom stereocenters. The van der Waals surface area contributed by atoms with Gasteiger partial charge in [-0.3, -0.25) is 0 Å². The van der Waals surface area contributed by atoms with Crippen LogP contribution in [-0.4, -0.2) is 11.1 Å². The Hall–Kier alpha value is -1.75. The van der Waals surface area contributed by atoms with E-state index in [4.69, 9.17) is 5.11 Å². The minimum Gasteiger partial charge on any atom is -0.472 e. The van der Waals surface area contributed by atoms with Gasteiger partial charge in [0.25, 0.3) is 0 Å². The van der Waals surface area contributed by atoms with Gasteiger partial charge < -0.3 is 5.11 Å². The second kappa shape index (κ2) is 4.32. The largest absolute Gasteiger partial charge is 0.472 e. The third-order valence-electron chi connectivity index (χ3n) is 1.70. The van der Waals surface area contributed by atoms with Crippen molar-refractivity contribution >= 4 is 5.97 Å². The molecule has 0 amide bonds. The molecule has 1 N–H and O–H groups in total. The summed E-state index contributed by atoms with van der Waals surface area (Å²) < 4.78 is 0. The van der Waals surface area contributed by atoms with Crippen molar-refractivity contribution in [2.75, 3.05) is 0 Å². The summed E-state index contributed by atoms with van der Waals surface area (Å²) in [5, 5.41) is 8.36. The van der Waals surface area contributed by atoms with E-state index < -0.39 is 5.97 Å². The molecule has 13 heavy (non-hydrogen) atoms. The number of hydrogen-bond acceptors (Lipinski definition) is 1. The van der Waals surface area contributed by atoms with Gasteiger partial charge in [-0.25, -0.2) is 4.79 Å². The van der Waals surface area contributed by atoms with Crippen LogP contribution in [0.25, 0.3) is 0 Å². The lowest BCUT2D eigenvalue weighted by atomic mass is 10.1. The number of benzene rings is 1. The van der Waals surface area contributed by atoms with Crippen molar-refractivity contribution in [1.82, 2.24) is 0 Å². The van der Waals surface area contributed by atoms with Gasteiger partial charge >= 0.3 is 5.97 Å². The molecule has 2 heteroatoms. The van der Waals surface area contributed by atoms with Crippen LogP contribution in [0.3, 0.4) is 0 Å². The number of aliphatic carboxylic acids is 1. The lowest BCUT2D eigenvalue weighted by molar-refractivity contribution is -0.130. The highest BCUT2D eigenvalue weighted by Crippen LogP contribution is 2.07. The molecular formula is C11H10O2. The van der Waals surface area contributed by atoms with E-state index in [0.29, 0.717) is 0 Å². The fraction of sp³-hybridized carbons (Fsp3) is 0.182. The highest BCUT2D eigenvalue weighted by atomic mass is 16.4. The van der Waals surface area contributed by atoms with Gasteiger partial charge in [0.2, 0.25) is 0 Å². The first-order valence-corrected chi connectivity index (χ1v) is 4.07. The maximum Gasteiger partial charge on any atom is 0.382 e. The molecular weight excluding hydrogens is 164 g/mol. The van der Waals surface area contributed by atoms with Gasteiger partial charge in [-0.15, -0.1) is 0 Å². The van der Waals surface area contributed by atoms with Crippen LogP contribution in [0, 0.1) is 11.8 Å². The van der Waals surface area contributed by atoms with Gasteiger partial charge in [0.05, 0.1) is 0 Å². The van der Waals surface area contributed by atoms with Crippen molar-refractivity contribution in [3.8, 4) is 11.8 Å². The van der Waals surface area contributed by atoms with Crippen LogP contribution in [0.2, 0.25) is 0 Å². The van der Waals surface area contributed by atoms with Crippen molar-refractivity contribution < 1.29 is 9.90 Å². The van der Waals surface area contributed by atoms with E-state index in [1.807, 2.05) is 31.2 Å². The van der Waals surface area contributed by atoms with E-state index >= 15 is 0 Å². The molecule has 1 aromatic rings. The van der Waals surface area contributed by atoms with E-state index in [9.17, 15) is 4.79 Å². The molecule has 66 valence electrons. The molecule has 1 aromatic carbocycles. The molecule has 0 saturated carbocycles. The molecule has 0 aliphatic rings. The molecule has 1 rings (SSSR count). The molecule has 0 heterocycles. The average Bonchev–Trinajstić information content (AvgIpc) is 2.15. The summed E-state index contributed by atoms with van der Waals surface area (Å²) in [6.45, 7) is 2.02. The van der Waals surface area contributed by atoms with Gasteiger partial charge in [-0.1, -0.05) is 31.0 Å². The number of hydrogen-bond donors (Lipinski definition) is 1. The summed E-state index contributed by atoms with van der Waals surface area (Å²) in [4.78, 5) is 10.2. The summed E-state index contributed by atoms with van der Waals surface area (Å²) in [7, 11) is 0. The maximum absolute atomic E-state index is 10.2. The molecule has 0 bridgehead atoms. The monoisotopic (exact) mass is 174 g/mol. The topological polar surface area (TPSA) is 37.3 Å². The highest BCUT2D eigenvalue weighted by Gasteiger charge is 1.95. The molecule has 0 fully saturated rings. The number of carboxylic acid groups (broad SMARTS) is 1. The summed E-state index contributed by atoms with van der Waals surface area (Å²) in [5.41, 5.74) is 1.88. The van der Waals surface area contributed by atoms with Crippen molar-refractivity contribution in [3.63, 3.8) is 0 Å². The van der Waals surface area contributed by atoms with E-state index in [1.165, 1.54) is 0 Å². The molecule has 0 radical (unpaired) electrons. The zero-order valence-electron chi connectivity index (χ0n) is 7.37. The van der Waals surface area contributed by atoms with Crippen LogP contribution >= 0.6 is 0 Å². The van der Waals surface area contributed by atoms with E-state index in [-0.39, 0.29) is 0 Å². The van der Waals surface area contributed by atoms with Gasteiger partial charge in [-0.05, 0) is 18.1 Å². The first kappa shape index (κ1) is 9.34. The number of aryl methyl sites for hydroxylation is 1. The van der Waals surface area contributed by atoms with E-state index in [1.54, 1.807) is 0 Å². The first-order chi connectivity index (χ1) is 6.24. The molecule has 0 aromatic heterocycles. The van der Waals surface area contributed by atoms with Gasteiger partial charge in [-0.2, -0.15) is 0 Å². The zero-order chi connectivity index (χ0) is 9.68. The second-order valence-electron chi connectivity index (χ2n) is 2.57. The van der Waals surface area contributed by atoms with Crippen molar-refractivity contribution in [1.29, 1.82) is 0 Å². The smallest absolute Gasteiger partial charge is 0.382 e. The van der Waals surface area contributed by atoms with Crippen molar-refractivity contribution in [2.24, 2.45) is 0 Å². The summed E-state index contributed by atoms with van der Waals surface area (Å²) in [6, 6.07) is 7.55. The molecule has 0 spiro atoms. The van der Waals surface area contributed by atoms with Crippen LogP contribution < -0.4 is 0 Å². The third-order valence-corrected chi connectivity index (χ3v) is 1.70. The fourth-order valence-electron chi connectivity index (χ4n) is 1.07. The second-order valence-corrected chi connectivity index (χ2v) is 2.57. The summed E-state index contributed by atoms with van der Waals surface area (Å²) in [5.74, 6) is 3.63. The molecule has 0 aliphatic heterocycles. The van der Waals surface area contributed by atoms with Gasteiger partial charge in [0.15, 0.2) is 0 Å². The molecule has 0 aliphatic carbocycles. The number of carbonyl (C=O) groups is 1. The molecule has 2 nitrogen and oxygen atoms in total. The SMILES string of the molecule is CCc1ccccc1C#CC(=O)O. The maximum atomic E-state index is 10.2. The van der Waals surface area contributed by atoms with Gasteiger partial charge in [0, 0.05) is 11.5 Å². The van der Waals surface area contributed by atoms with Crippen LogP contribution in [0.5, 0.6) is 0 Å². The Bertz CT molecular complexity index is 369. The minimum atomic E-state index is -1.09. The predicted octanol–water partition coefficient (Wildman–Crippen LogP) is 1.69. The fourth-order valence-corrected chi connectivity index (χ4v) is 1.07. The van der Waals surface area contributed by atoms with Gasteiger partial charge in [0.1, 0.15) is 0 Å². The standard InChI is InChI=1S/C11H10O2/c1-2-9-5-3-4-6-10(9)7-8-11(12)13/h3-6H,2H2,1H3,(H,12,13). The zero-order valence-corrected chi connectivity index (χ0v) is 7.37. The van der Waals surface area contributed by atoms with Crippen molar-refractivity contribution in [2.45, 2.75) is 13.3 Å². The normalized spacial score (nSPS) is 8.69. The molecule has 0 saturated heterocycles. The Morgan fingerprint density at radius 1 is 1.46 bits per heavy atom. The minimum absolute atomic E-state index is 0.799. The Labute approximate surface area is 77.2 Å². The Morgan fingerprint density at radius 2 is 2.15 bits per heavy atom. The van der Waals surface area contributed by atoms with E-state index in [2.05, 4.69) is 11.8 Å². The Balaban J connectivity index is 3.02. The number of rotatable bonds is 1. The third kappa shape index (κ3) is 2.64. The van der Waals surface area contributed by atoms with E-state index in [0.717, 1.165) is 17.5 Å². The van der Waals surface area contributed by atoms with Crippen LogP contribution in [-0.2, 0) is 11.2 Å². The predicted molar refractivity (Wildman–Crippen MR) is 50.3 cm³/mol. The Kier molecular flexibility index (Phi) is 3.10. The van der Waals surface area contributed by atoms with Crippen LogP contribution in [0.15, 0.2) is 24.3 Å². The quantitative estimate of drug-likeness (QED) is 0.658. The van der Waals surface area contributed by atoms with Crippen LogP contribution in [0.1, 0.15) is 18.1 Å².